The predicted molar refractivity (Wildman–Crippen MR) is 74.3 cm³/mol. The fourth-order valence-electron chi connectivity index (χ4n) is 1.38. The Hall–Kier alpha value is -0.630. The molecule has 0 radical (unpaired) electrons. The molecule has 0 aromatic carbocycles. The molecule has 19 heavy (non-hydrogen) atoms. The highest BCUT2D eigenvalue weighted by molar-refractivity contribution is 9.09. The molecule has 6 nitrogen and oxygen atoms in total. The van der Waals surface area contributed by atoms with Gasteiger partial charge in [0.05, 0.1) is 0 Å². The molecule has 1 unspecified atom stereocenters. The summed E-state index contributed by atoms with van der Waals surface area (Å²) in [6, 6.07) is 0. The summed E-state index contributed by atoms with van der Waals surface area (Å²) in [7, 11) is 0. The first-order valence-corrected chi connectivity index (χ1v) is 7.69. The van der Waals surface area contributed by atoms with Crippen LogP contribution in [0.15, 0.2) is 0 Å². The van der Waals surface area contributed by atoms with Crippen LogP contribution in [0, 0.1) is 0 Å². The lowest BCUT2D eigenvalue weighted by atomic mass is 10.1. The molecule has 0 bridgehead atoms. The summed E-state index contributed by atoms with van der Waals surface area (Å²) in [6.07, 6.45) is -2.38. The highest BCUT2D eigenvalue weighted by Gasteiger charge is 2.35. The van der Waals surface area contributed by atoms with Gasteiger partial charge in [-0.05, 0) is 0 Å². The standard InChI is InChI=1S/C11H16Br2O6/c1-6(14)17-9(4-12)11(19-8(3)16)10(5-13)18-7(2)15/h9-11H,4-5H2,1-3H3/t9-,10+,11?. The van der Waals surface area contributed by atoms with Gasteiger partial charge in [-0.1, -0.05) is 31.9 Å². The van der Waals surface area contributed by atoms with Crippen molar-refractivity contribution in [2.75, 3.05) is 10.7 Å². The largest absolute Gasteiger partial charge is 0.458 e. The van der Waals surface area contributed by atoms with Crippen LogP contribution in [0.4, 0.5) is 0 Å². The maximum atomic E-state index is 11.1. The van der Waals surface area contributed by atoms with E-state index in [1.165, 1.54) is 20.8 Å². The van der Waals surface area contributed by atoms with E-state index in [2.05, 4.69) is 31.9 Å². The van der Waals surface area contributed by atoms with Crippen molar-refractivity contribution in [2.45, 2.75) is 39.1 Å². The Morgan fingerprint density at radius 3 is 1.32 bits per heavy atom. The Bertz CT molecular complexity index is 309. The number of esters is 3. The summed E-state index contributed by atoms with van der Waals surface area (Å²) in [5.74, 6) is -1.59. The maximum absolute atomic E-state index is 11.1. The third kappa shape index (κ3) is 7.51. The summed E-state index contributed by atoms with van der Waals surface area (Å²) in [4.78, 5) is 33.2. The van der Waals surface area contributed by atoms with E-state index < -0.39 is 36.2 Å². The van der Waals surface area contributed by atoms with Gasteiger partial charge in [0.25, 0.3) is 0 Å². The van der Waals surface area contributed by atoms with E-state index in [0.29, 0.717) is 0 Å². The van der Waals surface area contributed by atoms with Crippen molar-refractivity contribution in [1.82, 2.24) is 0 Å². The Morgan fingerprint density at radius 2 is 1.11 bits per heavy atom. The van der Waals surface area contributed by atoms with Crippen molar-refractivity contribution in [3.05, 3.63) is 0 Å². The van der Waals surface area contributed by atoms with Crippen molar-refractivity contribution < 1.29 is 28.6 Å². The highest BCUT2D eigenvalue weighted by atomic mass is 79.9. The van der Waals surface area contributed by atoms with Gasteiger partial charge >= 0.3 is 17.9 Å². The van der Waals surface area contributed by atoms with E-state index in [1.807, 2.05) is 0 Å². The second-order valence-corrected chi connectivity index (χ2v) is 4.97. The molecule has 0 aliphatic heterocycles. The SMILES string of the molecule is CC(=O)OC([C@H](CBr)OC(C)=O)[C@@H](CBr)OC(C)=O. The molecule has 0 fully saturated rings. The molecule has 0 aromatic rings. The van der Waals surface area contributed by atoms with Crippen LogP contribution >= 0.6 is 31.9 Å². The molecule has 8 heteroatoms. The van der Waals surface area contributed by atoms with Gasteiger partial charge in [-0.25, -0.2) is 0 Å². The van der Waals surface area contributed by atoms with Crippen LogP contribution in [0.25, 0.3) is 0 Å². The first-order valence-electron chi connectivity index (χ1n) is 5.45. The Morgan fingerprint density at radius 1 is 0.789 bits per heavy atom. The molecule has 0 aliphatic carbocycles. The molecule has 3 atom stereocenters. The molecule has 0 spiro atoms. The van der Waals surface area contributed by atoms with Crippen LogP contribution in [-0.2, 0) is 28.6 Å². The van der Waals surface area contributed by atoms with Gasteiger partial charge in [0.2, 0.25) is 0 Å². The molecule has 0 saturated carbocycles. The summed E-state index contributed by atoms with van der Waals surface area (Å²) >= 11 is 6.35. The van der Waals surface area contributed by atoms with Crippen LogP contribution in [0.3, 0.4) is 0 Å². The summed E-state index contributed by atoms with van der Waals surface area (Å²) < 4.78 is 15.2. The molecular formula is C11H16Br2O6. The average Bonchev–Trinajstić information content (AvgIpc) is 2.29. The number of ether oxygens (including phenoxy) is 3. The Balaban J connectivity index is 5.06. The number of hydrogen-bond donors (Lipinski definition) is 0. The van der Waals surface area contributed by atoms with Gasteiger partial charge in [-0.15, -0.1) is 0 Å². The minimum Gasteiger partial charge on any atom is -0.458 e. The van der Waals surface area contributed by atoms with Gasteiger partial charge in [-0.2, -0.15) is 0 Å². The van der Waals surface area contributed by atoms with Gasteiger partial charge in [0.15, 0.2) is 18.3 Å². The minimum atomic E-state index is -0.885. The predicted octanol–water partition coefficient (Wildman–Crippen LogP) is 1.57. The zero-order valence-corrected chi connectivity index (χ0v) is 14.0. The zero-order chi connectivity index (χ0) is 15.0. The minimum absolute atomic E-state index is 0.245. The van der Waals surface area contributed by atoms with Crippen LogP contribution in [0.2, 0.25) is 0 Å². The van der Waals surface area contributed by atoms with Gasteiger partial charge < -0.3 is 14.2 Å². The van der Waals surface area contributed by atoms with E-state index in [1.54, 1.807) is 0 Å². The molecule has 0 rings (SSSR count). The molecule has 0 heterocycles. The van der Waals surface area contributed by atoms with E-state index in [4.69, 9.17) is 14.2 Å². The Kier molecular flexibility index (Phi) is 8.99. The summed E-state index contributed by atoms with van der Waals surface area (Å²) in [6.45, 7) is 3.72. The van der Waals surface area contributed by atoms with Crippen LogP contribution in [0.5, 0.6) is 0 Å². The van der Waals surface area contributed by atoms with Crippen LogP contribution < -0.4 is 0 Å². The topological polar surface area (TPSA) is 78.9 Å². The molecular weight excluding hydrogens is 388 g/mol. The van der Waals surface area contributed by atoms with E-state index in [-0.39, 0.29) is 10.7 Å². The number of rotatable bonds is 7. The van der Waals surface area contributed by atoms with E-state index in [0.717, 1.165) is 0 Å². The van der Waals surface area contributed by atoms with Gasteiger partial charge in [-0.3, -0.25) is 14.4 Å². The normalized spacial score (nSPS) is 15.0. The van der Waals surface area contributed by atoms with Crippen molar-refractivity contribution >= 4 is 49.8 Å². The summed E-state index contributed by atoms with van der Waals surface area (Å²) in [5.41, 5.74) is 0. The Labute approximate surface area is 128 Å². The fourth-order valence-corrected chi connectivity index (χ4v) is 2.38. The van der Waals surface area contributed by atoms with Crippen molar-refractivity contribution in [3.8, 4) is 0 Å². The highest BCUT2D eigenvalue weighted by Crippen LogP contribution is 2.17. The van der Waals surface area contributed by atoms with Gasteiger partial charge in [0.1, 0.15) is 0 Å². The lowest BCUT2D eigenvalue weighted by Gasteiger charge is -2.30. The molecule has 0 saturated heterocycles. The number of alkyl halides is 2. The van der Waals surface area contributed by atoms with Crippen molar-refractivity contribution in [2.24, 2.45) is 0 Å². The lowest BCUT2D eigenvalue weighted by Crippen LogP contribution is -2.46. The van der Waals surface area contributed by atoms with Crippen molar-refractivity contribution in [1.29, 1.82) is 0 Å². The fraction of sp³-hybridized carbons (Fsp3) is 0.727. The van der Waals surface area contributed by atoms with Crippen molar-refractivity contribution in [3.63, 3.8) is 0 Å². The third-order valence-electron chi connectivity index (χ3n) is 1.97. The second-order valence-electron chi connectivity index (χ2n) is 3.68. The summed E-state index contributed by atoms with van der Waals surface area (Å²) in [5, 5.41) is 0.491. The molecule has 110 valence electrons. The van der Waals surface area contributed by atoms with Crippen LogP contribution in [-0.4, -0.2) is 46.9 Å². The monoisotopic (exact) mass is 402 g/mol. The van der Waals surface area contributed by atoms with E-state index in [9.17, 15) is 14.4 Å². The molecule has 0 aliphatic rings. The smallest absolute Gasteiger partial charge is 0.303 e. The number of carbonyl (C=O) groups is 3. The first-order chi connectivity index (χ1) is 8.81. The second kappa shape index (κ2) is 9.30. The maximum Gasteiger partial charge on any atom is 0.303 e. The first kappa shape index (κ1) is 18.4. The lowest BCUT2D eigenvalue weighted by molar-refractivity contribution is -0.178. The van der Waals surface area contributed by atoms with Gasteiger partial charge in [0, 0.05) is 31.4 Å². The number of halogens is 2. The number of carbonyl (C=O) groups excluding carboxylic acids is 3. The number of hydrogen-bond acceptors (Lipinski definition) is 6. The van der Waals surface area contributed by atoms with E-state index >= 15 is 0 Å². The van der Waals surface area contributed by atoms with Crippen LogP contribution in [0.1, 0.15) is 20.8 Å². The molecule has 0 aromatic heterocycles. The third-order valence-corrected chi connectivity index (χ3v) is 3.25. The zero-order valence-electron chi connectivity index (χ0n) is 10.9. The molecule has 0 N–H and O–H groups in total. The molecule has 0 amide bonds. The average molecular weight is 404 g/mol. The quantitative estimate of drug-likeness (QED) is 0.364.